The molecule has 94 valence electrons. The van der Waals surface area contributed by atoms with Crippen molar-refractivity contribution >= 4 is 5.82 Å². The highest BCUT2D eigenvalue weighted by Gasteiger charge is 2.19. The van der Waals surface area contributed by atoms with Crippen molar-refractivity contribution < 1.29 is 0 Å². The van der Waals surface area contributed by atoms with Crippen LogP contribution in [0.4, 0.5) is 5.82 Å². The highest BCUT2D eigenvalue weighted by Crippen LogP contribution is 2.31. The van der Waals surface area contributed by atoms with Crippen molar-refractivity contribution in [3.8, 4) is 6.07 Å². The number of anilines is 1. The summed E-state index contributed by atoms with van der Waals surface area (Å²) in [7, 11) is 0. The summed E-state index contributed by atoms with van der Waals surface area (Å²) >= 11 is 0. The lowest BCUT2D eigenvalue weighted by atomic mass is 9.88. The molecule has 2 aromatic rings. The molecule has 0 amide bonds. The van der Waals surface area contributed by atoms with Crippen LogP contribution in [-0.4, -0.2) is 9.97 Å². The fourth-order valence-electron chi connectivity index (χ4n) is 2.58. The molecule has 1 aromatic carbocycles. The van der Waals surface area contributed by atoms with Gasteiger partial charge in [0, 0.05) is 6.20 Å². The Morgan fingerprint density at radius 2 is 2.16 bits per heavy atom. The number of aryl methyl sites for hydroxylation is 1. The summed E-state index contributed by atoms with van der Waals surface area (Å²) in [6.07, 6.45) is 5.01. The summed E-state index contributed by atoms with van der Waals surface area (Å²) in [5, 5.41) is 12.2. The molecule has 1 aliphatic rings. The molecular formula is C15H14N4. The molecule has 1 N–H and O–H groups in total. The summed E-state index contributed by atoms with van der Waals surface area (Å²) in [5.41, 5.74) is 2.74. The summed E-state index contributed by atoms with van der Waals surface area (Å²) in [6.45, 7) is 0. The Morgan fingerprint density at radius 1 is 1.26 bits per heavy atom. The Balaban J connectivity index is 1.86. The number of hydrogen-bond acceptors (Lipinski definition) is 4. The van der Waals surface area contributed by atoms with Gasteiger partial charge >= 0.3 is 0 Å². The van der Waals surface area contributed by atoms with Gasteiger partial charge in [-0.05, 0) is 36.5 Å². The number of fused-ring (bicyclic) bond motifs is 1. The molecule has 3 rings (SSSR count). The van der Waals surface area contributed by atoms with Crippen molar-refractivity contribution in [2.45, 2.75) is 25.3 Å². The molecule has 0 saturated carbocycles. The maximum absolute atomic E-state index is 8.82. The minimum atomic E-state index is 0.203. The van der Waals surface area contributed by atoms with E-state index in [4.69, 9.17) is 5.26 Å². The van der Waals surface area contributed by atoms with Crippen LogP contribution < -0.4 is 5.32 Å². The quantitative estimate of drug-likeness (QED) is 0.890. The summed E-state index contributed by atoms with van der Waals surface area (Å²) < 4.78 is 0. The SMILES string of the molecule is N#Cc1nccc(NC2CCCc3ccccc32)n1. The number of hydrogen-bond donors (Lipinski definition) is 1. The summed E-state index contributed by atoms with van der Waals surface area (Å²) in [6, 6.07) is 12.5. The molecule has 4 nitrogen and oxygen atoms in total. The van der Waals surface area contributed by atoms with E-state index in [1.807, 2.05) is 6.07 Å². The summed E-state index contributed by atoms with van der Waals surface area (Å²) in [4.78, 5) is 8.06. The average molecular weight is 250 g/mol. The largest absolute Gasteiger partial charge is 0.363 e. The second-order valence-electron chi connectivity index (χ2n) is 4.67. The van der Waals surface area contributed by atoms with Crippen LogP contribution in [-0.2, 0) is 6.42 Å². The number of aromatic nitrogens is 2. The predicted octanol–water partition coefficient (Wildman–Crippen LogP) is 2.84. The van der Waals surface area contributed by atoms with Crippen LogP contribution in [0.1, 0.15) is 35.8 Å². The first-order chi connectivity index (χ1) is 9.36. The van der Waals surface area contributed by atoms with Gasteiger partial charge in [-0.15, -0.1) is 0 Å². The van der Waals surface area contributed by atoms with Crippen LogP contribution >= 0.6 is 0 Å². The zero-order valence-corrected chi connectivity index (χ0v) is 10.5. The second kappa shape index (κ2) is 5.07. The normalized spacial score (nSPS) is 17.3. The fraction of sp³-hybridized carbons (Fsp3) is 0.267. The van der Waals surface area contributed by atoms with E-state index in [0.717, 1.165) is 12.8 Å². The number of rotatable bonds is 2. The van der Waals surface area contributed by atoms with Gasteiger partial charge in [-0.25, -0.2) is 9.97 Å². The Labute approximate surface area is 112 Å². The third-order valence-electron chi connectivity index (χ3n) is 3.45. The third-order valence-corrected chi connectivity index (χ3v) is 3.45. The van der Waals surface area contributed by atoms with Gasteiger partial charge in [-0.3, -0.25) is 0 Å². The molecule has 1 atom stereocenters. The van der Waals surface area contributed by atoms with E-state index in [1.54, 1.807) is 12.3 Å². The van der Waals surface area contributed by atoms with E-state index in [2.05, 4.69) is 39.6 Å². The molecule has 0 radical (unpaired) electrons. The molecule has 1 aromatic heterocycles. The lowest BCUT2D eigenvalue weighted by Gasteiger charge is -2.26. The molecule has 0 fully saturated rings. The van der Waals surface area contributed by atoms with Crippen molar-refractivity contribution in [2.24, 2.45) is 0 Å². The van der Waals surface area contributed by atoms with Gasteiger partial charge in [0.05, 0.1) is 6.04 Å². The number of nitriles is 1. The van der Waals surface area contributed by atoms with Gasteiger partial charge in [0.15, 0.2) is 0 Å². The van der Waals surface area contributed by atoms with Crippen LogP contribution in [0.2, 0.25) is 0 Å². The second-order valence-corrected chi connectivity index (χ2v) is 4.67. The highest BCUT2D eigenvalue weighted by atomic mass is 15.0. The Kier molecular flexibility index (Phi) is 3.11. The van der Waals surface area contributed by atoms with E-state index in [9.17, 15) is 0 Å². The third kappa shape index (κ3) is 2.41. The van der Waals surface area contributed by atoms with Crippen LogP contribution in [0.3, 0.4) is 0 Å². The lowest BCUT2D eigenvalue weighted by Crippen LogP contribution is -2.18. The number of nitrogens with one attached hydrogen (secondary N) is 1. The van der Waals surface area contributed by atoms with Gasteiger partial charge in [0.2, 0.25) is 5.82 Å². The van der Waals surface area contributed by atoms with Gasteiger partial charge < -0.3 is 5.32 Å². The average Bonchev–Trinajstić information content (AvgIpc) is 2.48. The van der Waals surface area contributed by atoms with Crippen molar-refractivity contribution in [3.05, 3.63) is 53.5 Å². The Bertz CT molecular complexity index is 630. The first kappa shape index (κ1) is 11.7. The molecule has 0 spiro atoms. The van der Waals surface area contributed by atoms with Crippen LogP contribution in [0.15, 0.2) is 36.5 Å². The Hall–Kier alpha value is -2.41. The van der Waals surface area contributed by atoms with E-state index >= 15 is 0 Å². The summed E-state index contributed by atoms with van der Waals surface area (Å²) in [5.74, 6) is 0.919. The Morgan fingerprint density at radius 3 is 3.05 bits per heavy atom. The molecule has 4 heteroatoms. The van der Waals surface area contributed by atoms with E-state index in [-0.39, 0.29) is 11.9 Å². The first-order valence-electron chi connectivity index (χ1n) is 6.44. The van der Waals surface area contributed by atoms with Crippen molar-refractivity contribution in [3.63, 3.8) is 0 Å². The van der Waals surface area contributed by atoms with E-state index in [1.165, 1.54) is 17.5 Å². The standard InChI is InChI=1S/C15H14N4/c16-10-15-17-9-8-14(19-15)18-13-7-3-5-11-4-1-2-6-12(11)13/h1-2,4,6,8-9,13H,3,5,7H2,(H,17,18,19). The van der Waals surface area contributed by atoms with Crippen molar-refractivity contribution in [1.29, 1.82) is 5.26 Å². The topological polar surface area (TPSA) is 61.6 Å². The lowest BCUT2D eigenvalue weighted by molar-refractivity contribution is 0.598. The smallest absolute Gasteiger partial charge is 0.234 e. The highest BCUT2D eigenvalue weighted by molar-refractivity contribution is 5.42. The molecular weight excluding hydrogens is 236 g/mol. The zero-order chi connectivity index (χ0) is 13.1. The molecule has 0 saturated heterocycles. The van der Waals surface area contributed by atoms with Gasteiger partial charge in [-0.2, -0.15) is 5.26 Å². The van der Waals surface area contributed by atoms with Gasteiger partial charge in [0.25, 0.3) is 0 Å². The first-order valence-corrected chi connectivity index (χ1v) is 6.44. The predicted molar refractivity (Wildman–Crippen MR) is 72.5 cm³/mol. The van der Waals surface area contributed by atoms with Crippen LogP contribution in [0.5, 0.6) is 0 Å². The van der Waals surface area contributed by atoms with Crippen LogP contribution in [0.25, 0.3) is 0 Å². The molecule has 19 heavy (non-hydrogen) atoms. The van der Waals surface area contributed by atoms with Crippen molar-refractivity contribution in [1.82, 2.24) is 9.97 Å². The van der Waals surface area contributed by atoms with E-state index in [0.29, 0.717) is 5.82 Å². The maximum Gasteiger partial charge on any atom is 0.234 e. The molecule has 1 heterocycles. The number of benzene rings is 1. The van der Waals surface area contributed by atoms with E-state index < -0.39 is 0 Å². The minimum Gasteiger partial charge on any atom is -0.363 e. The maximum atomic E-state index is 8.82. The molecule has 1 unspecified atom stereocenters. The fourth-order valence-corrected chi connectivity index (χ4v) is 2.58. The molecule has 0 bridgehead atoms. The molecule has 0 aliphatic heterocycles. The van der Waals surface area contributed by atoms with Gasteiger partial charge in [-0.1, -0.05) is 24.3 Å². The van der Waals surface area contributed by atoms with Gasteiger partial charge in [0.1, 0.15) is 11.9 Å². The zero-order valence-electron chi connectivity index (χ0n) is 10.5. The monoisotopic (exact) mass is 250 g/mol. The number of nitrogens with zero attached hydrogens (tertiary/aromatic N) is 3. The minimum absolute atomic E-state index is 0.203. The molecule has 1 aliphatic carbocycles. The van der Waals surface area contributed by atoms with Crippen LogP contribution in [0, 0.1) is 11.3 Å². The van der Waals surface area contributed by atoms with Crippen molar-refractivity contribution in [2.75, 3.05) is 5.32 Å².